The highest BCUT2D eigenvalue weighted by Gasteiger charge is 2.34. The largest absolute Gasteiger partial charge is 0.331 e. The number of likely N-dealkylation sites (tertiary alicyclic amines) is 1. The lowest BCUT2D eigenvalue weighted by molar-refractivity contribution is -0.136. The summed E-state index contributed by atoms with van der Waals surface area (Å²) in [6.45, 7) is 0.669. The molecule has 4 rings (SSSR count). The molecular weight excluding hydrogens is 452 g/mol. The third-order valence-corrected chi connectivity index (χ3v) is 7.28. The highest BCUT2D eigenvalue weighted by Crippen LogP contribution is 2.30. The summed E-state index contributed by atoms with van der Waals surface area (Å²) in [5, 5.41) is 12.4. The first-order valence-corrected chi connectivity index (χ1v) is 11.9. The fraction of sp³-hybridized carbons (Fsp3) is 0.524. The van der Waals surface area contributed by atoms with Crippen LogP contribution in [0.4, 0.5) is 5.13 Å². The fourth-order valence-electron chi connectivity index (χ4n) is 4.28. The van der Waals surface area contributed by atoms with Crippen LogP contribution in [0.3, 0.4) is 0 Å². The molecule has 1 aromatic carbocycles. The summed E-state index contributed by atoms with van der Waals surface area (Å²) in [4.78, 5) is 27.3. The molecule has 1 aliphatic heterocycles. The maximum Gasteiger partial charge on any atom is 0.249 e. The van der Waals surface area contributed by atoms with Crippen LogP contribution in [-0.4, -0.2) is 39.5 Å². The molecule has 29 heavy (non-hydrogen) atoms. The minimum absolute atomic E-state index is 0.113. The summed E-state index contributed by atoms with van der Waals surface area (Å²) >= 11 is 4.76. The zero-order valence-corrected chi connectivity index (χ0v) is 18.7. The predicted molar refractivity (Wildman–Crippen MR) is 118 cm³/mol. The molecule has 2 aromatic rings. The van der Waals surface area contributed by atoms with Crippen LogP contribution in [-0.2, 0) is 9.59 Å². The average molecular weight is 477 g/mol. The van der Waals surface area contributed by atoms with E-state index < -0.39 is 6.04 Å². The summed E-state index contributed by atoms with van der Waals surface area (Å²) in [6.07, 6.45) is 8.16. The van der Waals surface area contributed by atoms with E-state index in [0.29, 0.717) is 30.4 Å². The molecule has 0 radical (unpaired) electrons. The zero-order valence-electron chi connectivity index (χ0n) is 16.3. The molecule has 1 aromatic heterocycles. The second-order valence-corrected chi connectivity index (χ2v) is 9.74. The van der Waals surface area contributed by atoms with Crippen LogP contribution in [0.2, 0.25) is 0 Å². The van der Waals surface area contributed by atoms with Crippen LogP contribution in [0, 0.1) is 5.92 Å². The summed E-state index contributed by atoms with van der Waals surface area (Å²) in [5.41, 5.74) is 0.954. The van der Waals surface area contributed by atoms with E-state index in [9.17, 15) is 9.59 Å². The molecule has 1 saturated heterocycles. The van der Waals surface area contributed by atoms with Gasteiger partial charge in [0.1, 0.15) is 11.0 Å². The van der Waals surface area contributed by atoms with Crippen LogP contribution in [0.25, 0.3) is 10.6 Å². The molecule has 0 spiro atoms. The van der Waals surface area contributed by atoms with Gasteiger partial charge in [-0.15, -0.1) is 10.2 Å². The number of benzene rings is 1. The Morgan fingerprint density at radius 1 is 1.10 bits per heavy atom. The Kier molecular flexibility index (Phi) is 6.60. The molecule has 1 saturated carbocycles. The van der Waals surface area contributed by atoms with Gasteiger partial charge in [0.15, 0.2) is 0 Å². The van der Waals surface area contributed by atoms with E-state index in [1.165, 1.54) is 37.0 Å². The number of amides is 2. The Morgan fingerprint density at radius 3 is 2.62 bits per heavy atom. The van der Waals surface area contributed by atoms with Gasteiger partial charge in [0.05, 0.1) is 0 Å². The van der Waals surface area contributed by atoms with Crippen molar-refractivity contribution >= 4 is 44.2 Å². The second kappa shape index (κ2) is 9.34. The van der Waals surface area contributed by atoms with E-state index in [-0.39, 0.29) is 11.8 Å². The summed E-state index contributed by atoms with van der Waals surface area (Å²) < 4.78 is 0.998. The molecule has 2 aliphatic rings. The molecule has 154 valence electrons. The summed E-state index contributed by atoms with van der Waals surface area (Å²) in [7, 11) is 0. The lowest BCUT2D eigenvalue weighted by atomic mass is 10.0. The topological polar surface area (TPSA) is 75.2 Å². The van der Waals surface area contributed by atoms with Gasteiger partial charge in [-0.25, -0.2) is 0 Å². The zero-order chi connectivity index (χ0) is 20.2. The van der Waals surface area contributed by atoms with Gasteiger partial charge in [-0.3, -0.25) is 14.9 Å². The standard InChI is InChI=1S/C21H25BrN4O2S/c22-16-10-8-15(9-11-16)20-24-25-21(29-20)23-19(28)17-6-3-13-26(17)18(27)12-7-14-4-1-2-5-14/h8-11,14,17H,1-7,12-13H2,(H,23,25,28). The first-order chi connectivity index (χ1) is 14.1. The second-order valence-electron chi connectivity index (χ2n) is 7.84. The Labute approximate surface area is 183 Å². The van der Waals surface area contributed by atoms with Crippen LogP contribution in [0.5, 0.6) is 0 Å². The maximum atomic E-state index is 12.8. The molecule has 2 amide bonds. The molecule has 6 nitrogen and oxygen atoms in total. The first kappa shape index (κ1) is 20.5. The normalized spacial score (nSPS) is 19.6. The number of rotatable bonds is 6. The van der Waals surface area contributed by atoms with E-state index in [4.69, 9.17) is 0 Å². The highest BCUT2D eigenvalue weighted by molar-refractivity contribution is 9.10. The van der Waals surface area contributed by atoms with Crippen LogP contribution in [0.15, 0.2) is 28.7 Å². The van der Waals surface area contributed by atoms with Crippen molar-refractivity contribution in [3.05, 3.63) is 28.7 Å². The van der Waals surface area contributed by atoms with E-state index in [1.54, 1.807) is 4.90 Å². The Bertz CT molecular complexity index is 864. The van der Waals surface area contributed by atoms with Crippen molar-refractivity contribution in [1.29, 1.82) is 0 Å². The van der Waals surface area contributed by atoms with Crippen LogP contribution in [0.1, 0.15) is 51.4 Å². The average Bonchev–Trinajstić information content (AvgIpc) is 3.47. The Balaban J connectivity index is 1.34. The van der Waals surface area contributed by atoms with Crippen molar-refractivity contribution in [1.82, 2.24) is 15.1 Å². The lowest BCUT2D eigenvalue weighted by Gasteiger charge is -2.24. The van der Waals surface area contributed by atoms with Crippen molar-refractivity contribution in [2.24, 2.45) is 5.92 Å². The monoisotopic (exact) mass is 476 g/mol. The third-order valence-electron chi connectivity index (χ3n) is 5.86. The van der Waals surface area contributed by atoms with Gasteiger partial charge in [0, 0.05) is 23.0 Å². The number of halogens is 1. The number of aromatic nitrogens is 2. The quantitative estimate of drug-likeness (QED) is 0.645. The van der Waals surface area contributed by atoms with Gasteiger partial charge >= 0.3 is 0 Å². The number of carbonyl (C=O) groups excluding carboxylic acids is 2. The number of anilines is 1. The fourth-order valence-corrected chi connectivity index (χ4v) is 5.30. The van der Waals surface area contributed by atoms with E-state index >= 15 is 0 Å². The van der Waals surface area contributed by atoms with Crippen molar-refractivity contribution < 1.29 is 9.59 Å². The van der Waals surface area contributed by atoms with Gasteiger partial charge in [0.25, 0.3) is 0 Å². The summed E-state index contributed by atoms with van der Waals surface area (Å²) in [6, 6.07) is 7.41. The van der Waals surface area contributed by atoms with E-state index in [2.05, 4.69) is 31.4 Å². The minimum atomic E-state index is -0.397. The van der Waals surface area contributed by atoms with Crippen molar-refractivity contribution in [3.63, 3.8) is 0 Å². The molecular formula is C21H25BrN4O2S. The molecule has 2 fully saturated rings. The molecule has 1 atom stereocenters. The van der Waals surface area contributed by atoms with Crippen molar-refractivity contribution in [2.45, 2.75) is 57.4 Å². The van der Waals surface area contributed by atoms with Crippen molar-refractivity contribution in [2.75, 3.05) is 11.9 Å². The SMILES string of the molecule is O=C(Nc1nnc(-c2ccc(Br)cc2)s1)C1CCCN1C(=O)CCC1CCCC1. The molecule has 1 unspecified atom stereocenters. The third kappa shape index (κ3) is 5.04. The lowest BCUT2D eigenvalue weighted by Crippen LogP contribution is -2.43. The smallest absolute Gasteiger partial charge is 0.249 e. The number of carbonyl (C=O) groups is 2. The van der Waals surface area contributed by atoms with Gasteiger partial charge in [-0.2, -0.15) is 0 Å². The van der Waals surface area contributed by atoms with Gasteiger partial charge in [-0.05, 0) is 37.3 Å². The predicted octanol–water partition coefficient (Wildman–Crippen LogP) is 4.87. The van der Waals surface area contributed by atoms with Gasteiger partial charge in [-0.1, -0.05) is 65.1 Å². The first-order valence-electron chi connectivity index (χ1n) is 10.3. The number of nitrogens with one attached hydrogen (secondary N) is 1. The Hall–Kier alpha value is -1.80. The van der Waals surface area contributed by atoms with Crippen LogP contribution >= 0.6 is 27.3 Å². The molecule has 2 heterocycles. The number of hydrogen-bond acceptors (Lipinski definition) is 5. The summed E-state index contributed by atoms with van der Waals surface area (Å²) in [5.74, 6) is 0.643. The molecule has 1 aliphatic carbocycles. The number of nitrogens with zero attached hydrogens (tertiary/aromatic N) is 3. The minimum Gasteiger partial charge on any atom is -0.331 e. The molecule has 0 bridgehead atoms. The van der Waals surface area contributed by atoms with Gasteiger partial charge < -0.3 is 4.90 Å². The van der Waals surface area contributed by atoms with E-state index in [1.807, 2.05) is 24.3 Å². The highest BCUT2D eigenvalue weighted by atomic mass is 79.9. The van der Waals surface area contributed by atoms with Crippen molar-refractivity contribution in [3.8, 4) is 10.6 Å². The van der Waals surface area contributed by atoms with Gasteiger partial charge in [0.2, 0.25) is 16.9 Å². The van der Waals surface area contributed by atoms with Crippen LogP contribution < -0.4 is 5.32 Å². The molecule has 1 N–H and O–H groups in total. The maximum absolute atomic E-state index is 12.8. The molecule has 8 heteroatoms. The van der Waals surface area contributed by atoms with E-state index in [0.717, 1.165) is 27.9 Å². The number of hydrogen-bond donors (Lipinski definition) is 1. The Morgan fingerprint density at radius 2 is 1.86 bits per heavy atom.